The van der Waals surface area contributed by atoms with Crippen LogP contribution in [0.4, 0.5) is 0 Å². The molecular weight excluding hydrogens is 256 g/mol. The second-order valence-corrected chi connectivity index (χ2v) is 5.55. The van der Waals surface area contributed by atoms with Gasteiger partial charge < -0.3 is 14.9 Å². The van der Waals surface area contributed by atoms with E-state index < -0.39 is 5.97 Å². The summed E-state index contributed by atoms with van der Waals surface area (Å²) < 4.78 is 0. The molecule has 1 saturated heterocycles. The third-order valence-electron chi connectivity index (χ3n) is 3.55. The van der Waals surface area contributed by atoms with Crippen LogP contribution in [-0.2, 0) is 0 Å². The smallest absolute Gasteiger partial charge is 0.335 e. The SMILES string of the molecule is CN(C)CC1CCN(C(=O)c2cccc(C(=O)O)c2)C1. The number of carboxylic acids is 1. The first kappa shape index (κ1) is 14.5. The quantitative estimate of drug-likeness (QED) is 0.903. The first-order valence-electron chi connectivity index (χ1n) is 6.74. The summed E-state index contributed by atoms with van der Waals surface area (Å²) in [5, 5.41) is 8.97. The van der Waals surface area contributed by atoms with Gasteiger partial charge in [-0.3, -0.25) is 4.79 Å². The molecule has 5 nitrogen and oxygen atoms in total. The molecule has 1 aromatic rings. The Bertz CT molecular complexity index is 514. The van der Waals surface area contributed by atoms with Crippen LogP contribution in [0, 0.1) is 5.92 Å². The van der Waals surface area contributed by atoms with Gasteiger partial charge in [-0.2, -0.15) is 0 Å². The van der Waals surface area contributed by atoms with Crippen LogP contribution in [0.2, 0.25) is 0 Å². The van der Waals surface area contributed by atoms with Crippen molar-refractivity contribution in [3.8, 4) is 0 Å². The molecule has 2 rings (SSSR count). The van der Waals surface area contributed by atoms with Gasteiger partial charge >= 0.3 is 5.97 Å². The minimum absolute atomic E-state index is 0.0747. The van der Waals surface area contributed by atoms with Crippen LogP contribution >= 0.6 is 0 Å². The molecule has 1 fully saturated rings. The van der Waals surface area contributed by atoms with E-state index in [4.69, 9.17) is 5.11 Å². The van der Waals surface area contributed by atoms with Crippen molar-refractivity contribution in [1.82, 2.24) is 9.80 Å². The second kappa shape index (κ2) is 6.05. The molecule has 1 atom stereocenters. The summed E-state index contributed by atoms with van der Waals surface area (Å²) in [6, 6.07) is 6.24. The van der Waals surface area contributed by atoms with E-state index in [1.807, 2.05) is 19.0 Å². The third kappa shape index (κ3) is 3.36. The van der Waals surface area contributed by atoms with Crippen LogP contribution in [0.1, 0.15) is 27.1 Å². The number of carbonyl (C=O) groups excluding carboxylic acids is 1. The number of hydrogen-bond acceptors (Lipinski definition) is 3. The van der Waals surface area contributed by atoms with Crippen molar-refractivity contribution in [2.45, 2.75) is 6.42 Å². The lowest BCUT2D eigenvalue weighted by molar-refractivity contribution is 0.0697. The molecule has 1 aliphatic rings. The molecule has 1 unspecified atom stereocenters. The molecule has 1 aromatic carbocycles. The Kier molecular flexibility index (Phi) is 4.39. The average molecular weight is 276 g/mol. The van der Waals surface area contributed by atoms with E-state index >= 15 is 0 Å². The lowest BCUT2D eigenvalue weighted by atomic mass is 10.1. The van der Waals surface area contributed by atoms with E-state index in [2.05, 4.69) is 4.90 Å². The van der Waals surface area contributed by atoms with E-state index in [9.17, 15) is 9.59 Å². The second-order valence-electron chi connectivity index (χ2n) is 5.55. The highest BCUT2D eigenvalue weighted by Gasteiger charge is 2.27. The Morgan fingerprint density at radius 3 is 2.70 bits per heavy atom. The lowest BCUT2D eigenvalue weighted by Gasteiger charge is -2.18. The fourth-order valence-corrected chi connectivity index (χ4v) is 2.65. The maximum Gasteiger partial charge on any atom is 0.335 e. The van der Waals surface area contributed by atoms with Crippen LogP contribution in [0.25, 0.3) is 0 Å². The summed E-state index contributed by atoms with van der Waals surface area (Å²) in [7, 11) is 4.06. The Labute approximate surface area is 118 Å². The Hall–Kier alpha value is -1.88. The highest BCUT2D eigenvalue weighted by atomic mass is 16.4. The normalized spacial score (nSPS) is 18.6. The van der Waals surface area contributed by atoms with Crippen molar-refractivity contribution >= 4 is 11.9 Å². The zero-order valence-corrected chi connectivity index (χ0v) is 11.9. The molecular formula is C15H20N2O3. The van der Waals surface area contributed by atoms with E-state index in [-0.39, 0.29) is 11.5 Å². The van der Waals surface area contributed by atoms with Gasteiger partial charge in [-0.1, -0.05) is 6.07 Å². The summed E-state index contributed by atoms with van der Waals surface area (Å²) in [6.45, 7) is 2.46. The number of nitrogens with zero attached hydrogens (tertiary/aromatic N) is 2. The van der Waals surface area contributed by atoms with Gasteiger partial charge in [0.2, 0.25) is 0 Å². The molecule has 0 aromatic heterocycles. The number of hydrogen-bond donors (Lipinski definition) is 1. The van der Waals surface area contributed by atoms with Crippen molar-refractivity contribution in [3.05, 3.63) is 35.4 Å². The minimum atomic E-state index is -1.01. The number of aromatic carboxylic acids is 1. The lowest BCUT2D eigenvalue weighted by Crippen LogP contribution is -2.30. The van der Waals surface area contributed by atoms with E-state index in [1.165, 1.54) is 12.1 Å². The third-order valence-corrected chi connectivity index (χ3v) is 3.55. The largest absolute Gasteiger partial charge is 0.478 e. The summed E-state index contributed by atoms with van der Waals surface area (Å²) in [6.07, 6.45) is 1.00. The zero-order chi connectivity index (χ0) is 14.7. The maximum absolute atomic E-state index is 12.4. The summed E-state index contributed by atoms with van der Waals surface area (Å²) in [5.41, 5.74) is 0.607. The predicted molar refractivity (Wildman–Crippen MR) is 76.0 cm³/mol. The van der Waals surface area contributed by atoms with Crippen molar-refractivity contribution in [2.24, 2.45) is 5.92 Å². The van der Waals surface area contributed by atoms with E-state index in [0.29, 0.717) is 11.5 Å². The van der Waals surface area contributed by atoms with Gasteiger partial charge in [-0.15, -0.1) is 0 Å². The molecule has 1 aliphatic heterocycles. The highest BCUT2D eigenvalue weighted by Crippen LogP contribution is 2.19. The molecule has 0 aliphatic carbocycles. The molecule has 20 heavy (non-hydrogen) atoms. The standard InChI is InChI=1S/C15H20N2O3/c1-16(2)9-11-6-7-17(10-11)14(18)12-4-3-5-13(8-12)15(19)20/h3-5,8,11H,6-7,9-10H2,1-2H3,(H,19,20). The van der Waals surface area contributed by atoms with Gasteiger partial charge in [-0.25, -0.2) is 4.79 Å². The fourth-order valence-electron chi connectivity index (χ4n) is 2.65. The number of rotatable bonds is 4. The Balaban J connectivity index is 2.05. The van der Waals surface area contributed by atoms with E-state index in [0.717, 1.165) is 26.1 Å². The Morgan fingerprint density at radius 1 is 1.35 bits per heavy atom. The molecule has 0 saturated carbocycles. The zero-order valence-electron chi connectivity index (χ0n) is 11.9. The van der Waals surface area contributed by atoms with Crippen LogP contribution in [0.5, 0.6) is 0 Å². The summed E-state index contributed by atoms with van der Waals surface area (Å²) in [4.78, 5) is 27.3. The van der Waals surface area contributed by atoms with Gasteiger partial charge in [0, 0.05) is 25.2 Å². The molecule has 0 radical (unpaired) electrons. The van der Waals surface area contributed by atoms with Crippen molar-refractivity contribution in [3.63, 3.8) is 0 Å². The maximum atomic E-state index is 12.4. The van der Waals surface area contributed by atoms with Gasteiger partial charge in [0.05, 0.1) is 5.56 Å². The molecule has 0 spiro atoms. The topological polar surface area (TPSA) is 60.9 Å². The van der Waals surface area contributed by atoms with Crippen LogP contribution < -0.4 is 0 Å². The molecule has 0 bridgehead atoms. The van der Waals surface area contributed by atoms with Crippen molar-refractivity contribution in [2.75, 3.05) is 33.7 Å². The number of amides is 1. The summed E-state index contributed by atoms with van der Waals surface area (Å²) in [5.74, 6) is -0.586. The summed E-state index contributed by atoms with van der Waals surface area (Å²) >= 11 is 0. The fraction of sp³-hybridized carbons (Fsp3) is 0.467. The molecule has 5 heteroatoms. The number of likely N-dealkylation sites (tertiary alicyclic amines) is 1. The van der Waals surface area contributed by atoms with Gasteiger partial charge in [0.1, 0.15) is 0 Å². The molecule has 108 valence electrons. The highest BCUT2D eigenvalue weighted by molar-refractivity contribution is 5.97. The number of benzene rings is 1. The van der Waals surface area contributed by atoms with Crippen molar-refractivity contribution in [1.29, 1.82) is 0 Å². The van der Waals surface area contributed by atoms with Crippen LogP contribution in [-0.4, -0.2) is 60.5 Å². The van der Waals surface area contributed by atoms with Crippen LogP contribution in [0.3, 0.4) is 0 Å². The minimum Gasteiger partial charge on any atom is -0.478 e. The van der Waals surface area contributed by atoms with Gasteiger partial charge in [0.25, 0.3) is 5.91 Å². The van der Waals surface area contributed by atoms with Gasteiger partial charge in [0.15, 0.2) is 0 Å². The van der Waals surface area contributed by atoms with Crippen molar-refractivity contribution < 1.29 is 14.7 Å². The number of carbonyl (C=O) groups is 2. The van der Waals surface area contributed by atoms with E-state index in [1.54, 1.807) is 12.1 Å². The van der Waals surface area contributed by atoms with Gasteiger partial charge in [-0.05, 0) is 44.6 Å². The molecule has 1 amide bonds. The predicted octanol–water partition coefficient (Wildman–Crippen LogP) is 1.41. The molecule has 1 N–H and O–H groups in total. The van der Waals surface area contributed by atoms with Crippen LogP contribution in [0.15, 0.2) is 24.3 Å². The first-order chi connectivity index (χ1) is 9.47. The average Bonchev–Trinajstić information content (AvgIpc) is 2.85. The molecule has 1 heterocycles. The number of carboxylic acid groups (broad SMARTS) is 1. The first-order valence-corrected chi connectivity index (χ1v) is 6.74. The Morgan fingerprint density at radius 2 is 2.05 bits per heavy atom. The monoisotopic (exact) mass is 276 g/mol.